The molecular formula is C56H34N4O. The first kappa shape index (κ1) is 34.7. The lowest BCUT2D eigenvalue weighted by Gasteiger charge is -2.13. The van der Waals surface area contributed by atoms with Crippen LogP contribution in [0.25, 0.3) is 122 Å². The van der Waals surface area contributed by atoms with Crippen LogP contribution in [0.5, 0.6) is 0 Å². The summed E-state index contributed by atoms with van der Waals surface area (Å²) in [6.45, 7) is 0. The second kappa shape index (κ2) is 14.2. The van der Waals surface area contributed by atoms with Crippen molar-refractivity contribution in [1.82, 2.24) is 19.9 Å². The van der Waals surface area contributed by atoms with Crippen molar-refractivity contribution in [1.29, 1.82) is 0 Å². The van der Waals surface area contributed by atoms with Crippen molar-refractivity contribution in [3.05, 3.63) is 206 Å². The molecule has 0 saturated heterocycles. The minimum atomic E-state index is 0.577. The van der Waals surface area contributed by atoms with E-state index in [2.05, 4.69) is 182 Å². The van der Waals surface area contributed by atoms with Crippen molar-refractivity contribution in [3.8, 4) is 67.7 Å². The fraction of sp³-hybridized carbons (Fsp3) is 0. The highest BCUT2D eigenvalue weighted by atomic mass is 16.3. The second-order valence-electron chi connectivity index (χ2n) is 15.4. The number of fused-ring (bicyclic) bond motifs is 6. The second-order valence-corrected chi connectivity index (χ2v) is 15.4. The molecule has 0 atom stereocenters. The number of hydrogen-bond donors (Lipinski definition) is 0. The summed E-state index contributed by atoms with van der Waals surface area (Å²) in [5.41, 5.74) is 10.9. The van der Waals surface area contributed by atoms with Gasteiger partial charge in [-0.1, -0.05) is 176 Å². The van der Waals surface area contributed by atoms with Crippen LogP contribution in [0, 0.1) is 0 Å². The van der Waals surface area contributed by atoms with Gasteiger partial charge in [-0.3, -0.25) is 4.98 Å². The Morgan fingerprint density at radius 1 is 0.311 bits per heavy atom. The molecule has 284 valence electrons. The van der Waals surface area contributed by atoms with Crippen molar-refractivity contribution in [2.45, 2.75) is 0 Å². The van der Waals surface area contributed by atoms with Crippen LogP contribution < -0.4 is 0 Å². The lowest BCUT2D eigenvalue weighted by molar-refractivity contribution is 0.669. The Labute approximate surface area is 351 Å². The van der Waals surface area contributed by atoms with Gasteiger partial charge in [0, 0.05) is 44.6 Å². The van der Waals surface area contributed by atoms with Gasteiger partial charge in [-0.05, 0) is 73.5 Å². The molecule has 3 aromatic heterocycles. The fourth-order valence-electron chi connectivity index (χ4n) is 8.70. The quantitative estimate of drug-likeness (QED) is 0.168. The summed E-state index contributed by atoms with van der Waals surface area (Å²) in [4.78, 5) is 20.3. The summed E-state index contributed by atoms with van der Waals surface area (Å²) in [6.07, 6.45) is 1.93. The standard InChI is InChI=1S/C56H34N4O/c1-2-11-35(12-3-1)44-29-30-45(47-18-9-8-17-46(44)47)36-21-25-38(26-22-36)54-58-55(39-27-23-37(24-28-39)50-32-41-14-6-7-16-43(41)34-57-50)60-56(59-54)48-19-10-20-51-53(48)49-31-40-13-4-5-15-42(40)33-52(49)61-51/h1-34H. The molecule has 12 rings (SSSR count). The van der Waals surface area contributed by atoms with Gasteiger partial charge in [0.15, 0.2) is 17.5 Å². The van der Waals surface area contributed by atoms with E-state index >= 15 is 0 Å². The Kier molecular flexibility index (Phi) is 8.10. The minimum absolute atomic E-state index is 0.577. The molecule has 9 aromatic carbocycles. The van der Waals surface area contributed by atoms with Crippen molar-refractivity contribution in [2.24, 2.45) is 0 Å². The van der Waals surface area contributed by atoms with Crippen LogP contribution in [0.15, 0.2) is 211 Å². The van der Waals surface area contributed by atoms with Crippen LogP contribution >= 0.6 is 0 Å². The number of benzene rings is 9. The highest BCUT2D eigenvalue weighted by molar-refractivity contribution is 6.15. The molecule has 5 nitrogen and oxygen atoms in total. The lowest BCUT2D eigenvalue weighted by Crippen LogP contribution is -2.00. The average molecular weight is 779 g/mol. The van der Waals surface area contributed by atoms with Gasteiger partial charge >= 0.3 is 0 Å². The zero-order valence-corrected chi connectivity index (χ0v) is 32.8. The van der Waals surface area contributed by atoms with E-state index in [1.165, 1.54) is 27.5 Å². The number of hydrogen-bond acceptors (Lipinski definition) is 5. The van der Waals surface area contributed by atoms with Gasteiger partial charge in [0.1, 0.15) is 11.2 Å². The maximum Gasteiger partial charge on any atom is 0.164 e. The molecule has 5 heteroatoms. The molecule has 0 N–H and O–H groups in total. The summed E-state index contributed by atoms with van der Waals surface area (Å²) in [7, 11) is 0. The number of furan rings is 1. The van der Waals surface area contributed by atoms with Crippen LogP contribution in [0.3, 0.4) is 0 Å². The molecule has 0 amide bonds. The normalized spacial score (nSPS) is 11.6. The Morgan fingerprint density at radius 2 is 0.836 bits per heavy atom. The van der Waals surface area contributed by atoms with Gasteiger partial charge in [0.05, 0.1) is 5.69 Å². The Bertz CT molecular complexity index is 3630. The van der Waals surface area contributed by atoms with Crippen LogP contribution in [-0.4, -0.2) is 19.9 Å². The van der Waals surface area contributed by atoms with E-state index < -0.39 is 0 Å². The van der Waals surface area contributed by atoms with Crippen molar-refractivity contribution < 1.29 is 4.42 Å². The van der Waals surface area contributed by atoms with Crippen LogP contribution in [0.4, 0.5) is 0 Å². The molecule has 12 aromatic rings. The molecule has 0 aliphatic heterocycles. The monoisotopic (exact) mass is 778 g/mol. The van der Waals surface area contributed by atoms with E-state index in [9.17, 15) is 0 Å². The van der Waals surface area contributed by atoms with Crippen molar-refractivity contribution >= 4 is 54.3 Å². The van der Waals surface area contributed by atoms with E-state index in [0.29, 0.717) is 17.5 Å². The first-order valence-corrected chi connectivity index (χ1v) is 20.4. The Balaban J connectivity index is 0.989. The summed E-state index contributed by atoms with van der Waals surface area (Å²) in [6, 6.07) is 69.8. The van der Waals surface area contributed by atoms with E-state index in [1.54, 1.807) is 0 Å². The first-order valence-electron chi connectivity index (χ1n) is 20.4. The number of nitrogens with zero attached hydrogens (tertiary/aromatic N) is 4. The van der Waals surface area contributed by atoms with Crippen LogP contribution in [0.2, 0.25) is 0 Å². The van der Waals surface area contributed by atoms with E-state index in [1.807, 2.05) is 24.4 Å². The molecule has 0 aliphatic carbocycles. The fourth-order valence-corrected chi connectivity index (χ4v) is 8.70. The van der Waals surface area contributed by atoms with Gasteiger partial charge in [0.2, 0.25) is 0 Å². The Hall–Kier alpha value is -8.28. The number of aromatic nitrogens is 4. The molecule has 0 bridgehead atoms. The molecule has 0 radical (unpaired) electrons. The predicted molar refractivity (Wildman–Crippen MR) is 250 cm³/mol. The van der Waals surface area contributed by atoms with E-state index in [-0.39, 0.29) is 0 Å². The lowest BCUT2D eigenvalue weighted by atomic mass is 9.92. The first-order chi connectivity index (χ1) is 30.2. The number of rotatable bonds is 6. The van der Waals surface area contributed by atoms with Crippen molar-refractivity contribution in [2.75, 3.05) is 0 Å². The average Bonchev–Trinajstić information content (AvgIpc) is 3.70. The minimum Gasteiger partial charge on any atom is -0.456 e. The van der Waals surface area contributed by atoms with Crippen LogP contribution in [-0.2, 0) is 0 Å². The predicted octanol–water partition coefficient (Wildman–Crippen LogP) is 14.6. The summed E-state index contributed by atoms with van der Waals surface area (Å²) >= 11 is 0. The topological polar surface area (TPSA) is 64.7 Å². The summed E-state index contributed by atoms with van der Waals surface area (Å²) in [5.74, 6) is 1.75. The zero-order valence-electron chi connectivity index (χ0n) is 32.8. The van der Waals surface area contributed by atoms with Gasteiger partial charge in [-0.25, -0.2) is 15.0 Å². The van der Waals surface area contributed by atoms with E-state index in [0.717, 1.165) is 77.0 Å². The smallest absolute Gasteiger partial charge is 0.164 e. The maximum absolute atomic E-state index is 6.48. The summed E-state index contributed by atoms with van der Waals surface area (Å²) < 4.78 is 6.48. The molecular weight excluding hydrogens is 745 g/mol. The highest BCUT2D eigenvalue weighted by Gasteiger charge is 2.19. The zero-order chi connectivity index (χ0) is 40.3. The third-order valence-electron chi connectivity index (χ3n) is 11.8. The van der Waals surface area contributed by atoms with Gasteiger partial charge in [-0.15, -0.1) is 0 Å². The Morgan fingerprint density at radius 3 is 1.51 bits per heavy atom. The molecule has 0 fully saturated rings. The third-order valence-corrected chi connectivity index (χ3v) is 11.8. The maximum atomic E-state index is 6.48. The van der Waals surface area contributed by atoms with Crippen molar-refractivity contribution in [3.63, 3.8) is 0 Å². The third kappa shape index (κ3) is 6.10. The highest BCUT2D eigenvalue weighted by Crippen LogP contribution is 2.40. The molecule has 0 saturated carbocycles. The summed E-state index contributed by atoms with van der Waals surface area (Å²) in [5, 5.41) is 8.97. The molecule has 61 heavy (non-hydrogen) atoms. The largest absolute Gasteiger partial charge is 0.456 e. The van der Waals surface area contributed by atoms with Gasteiger partial charge < -0.3 is 4.42 Å². The molecule has 0 spiro atoms. The number of pyridine rings is 1. The van der Waals surface area contributed by atoms with Gasteiger partial charge in [0.25, 0.3) is 0 Å². The van der Waals surface area contributed by atoms with Crippen LogP contribution in [0.1, 0.15) is 0 Å². The molecule has 3 heterocycles. The SMILES string of the molecule is c1ccc(-c2ccc(-c3ccc(-c4nc(-c5ccc(-c6cc7ccccc7cn6)cc5)nc(-c5cccc6oc7cc8ccccc8cc7c56)n4)cc3)c3ccccc23)cc1. The molecule has 0 unspecified atom stereocenters. The van der Waals surface area contributed by atoms with E-state index in [4.69, 9.17) is 24.4 Å². The van der Waals surface area contributed by atoms with Gasteiger partial charge in [-0.2, -0.15) is 0 Å². The molecule has 0 aliphatic rings.